The lowest BCUT2D eigenvalue weighted by Crippen LogP contribution is -2.57. The first-order chi connectivity index (χ1) is 18.0. The highest BCUT2D eigenvalue weighted by molar-refractivity contribution is 6.00. The zero-order valence-corrected chi connectivity index (χ0v) is 26.0. The van der Waals surface area contributed by atoms with E-state index in [-0.39, 0.29) is 42.5 Å². The van der Waals surface area contributed by atoms with E-state index in [1.807, 2.05) is 20.8 Å². The number of rotatable bonds is 8. The Bertz CT molecular complexity index is 845. The van der Waals surface area contributed by atoms with Gasteiger partial charge in [0.25, 0.3) is 0 Å². The maximum Gasteiger partial charge on any atom is 0.316 e. The van der Waals surface area contributed by atoms with Gasteiger partial charge in [-0.2, -0.15) is 0 Å². The van der Waals surface area contributed by atoms with Gasteiger partial charge in [0.05, 0.1) is 24.1 Å². The number of ether oxygens (including phenoxy) is 2. The Hall–Kier alpha value is -1.58. The van der Waals surface area contributed by atoms with Crippen LogP contribution in [0.15, 0.2) is 5.16 Å². The first kappa shape index (κ1) is 35.4. The van der Waals surface area contributed by atoms with Gasteiger partial charge in [-0.1, -0.05) is 60.0 Å². The second-order valence-corrected chi connectivity index (χ2v) is 12.5. The third kappa shape index (κ3) is 8.00. The quantitative estimate of drug-likeness (QED) is 0.183. The van der Waals surface area contributed by atoms with Crippen molar-refractivity contribution in [3.63, 3.8) is 0 Å². The largest absolute Gasteiger partial charge is 0.459 e. The molecule has 1 aliphatic heterocycles. The summed E-state index contributed by atoms with van der Waals surface area (Å²) in [6, 6.07) is 0. The van der Waals surface area contributed by atoms with Crippen molar-refractivity contribution in [2.45, 2.75) is 118 Å². The van der Waals surface area contributed by atoms with E-state index in [2.05, 4.69) is 25.9 Å². The average Bonchev–Trinajstić information content (AvgIpc) is 2.88. The van der Waals surface area contributed by atoms with Crippen molar-refractivity contribution in [2.75, 3.05) is 20.4 Å². The molecule has 1 fully saturated rings. The number of aliphatic hydroxyl groups is 2. The van der Waals surface area contributed by atoms with Crippen LogP contribution in [0.2, 0.25) is 0 Å². The number of Topliss-reactive ketones (excluding diaryl/α,β-unsaturated/α-hetero) is 1. The summed E-state index contributed by atoms with van der Waals surface area (Å²) in [6.45, 7) is 18.0. The normalized spacial score (nSPS) is 38.8. The number of oxime groups is 1. The SMILES string of the molecule is CC[C@H]1OC(=O)[C@H](C)C(=O)[C@H](C)[C@@H](C(C)(C)CC)[C@](C)(OC)C[C@@H](C)/C(=N\OCCCF)[C@H](C)[C@@H](O)[C@]1(C)O. The Balaban J connectivity index is 3.85. The van der Waals surface area contributed by atoms with E-state index in [9.17, 15) is 24.2 Å². The molecule has 1 saturated heterocycles. The summed E-state index contributed by atoms with van der Waals surface area (Å²) >= 11 is 0. The summed E-state index contributed by atoms with van der Waals surface area (Å²) in [5, 5.41) is 27.2. The first-order valence-electron chi connectivity index (χ1n) is 14.4. The molecule has 1 heterocycles. The van der Waals surface area contributed by atoms with E-state index in [0.717, 1.165) is 6.42 Å². The monoisotopic (exact) mass is 559 g/mol. The van der Waals surface area contributed by atoms with Crippen molar-refractivity contribution in [2.24, 2.45) is 40.2 Å². The molecule has 0 amide bonds. The van der Waals surface area contributed by atoms with Crippen LogP contribution >= 0.6 is 0 Å². The van der Waals surface area contributed by atoms with Gasteiger partial charge in [0.2, 0.25) is 0 Å². The van der Waals surface area contributed by atoms with Crippen molar-refractivity contribution in [3.8, 4) is 0 Å². The van der Waals surface area contributed by atoms with Crippen LogP contribution in [0.4, 0.5) is 4.39 Å². The number of halogens is 1. The summed E-state index contributed by atoms with van der Waals surface area (Å²) in [7, 11) is 1.62. The number of methoxy groups -OCH3 is 1. The maximum absolute atomic E-state index is 13.8. The van der Waals surface area contributed by atoms with Crippen molar-refractivity contribution in [1.82, 2.24) is 0 Å². The molecule has 0 radical (unpaired) electrons. The molecule has 0 bridgehead atoms. The van der Waals surface area contributed by atoms with Crippen molar-refractivity contribution in [3.05, 3.63) is 0 Å². The summed E-state index contributed by atoms with van der Waals surface area (Å²) in [5.41, 5.74) is -2.54. The molecule has 8 nitrogen and oxygen atoms in total. The van der Waals surface area contributed by atoms with Crippen molar-refractivity contribution in [1.29, 1.82) is 0 Å². The van der Waals surface area contributed by atoms with Gasteiger partial charge in [0.1, 0.15) is 30.0 Å². The predicted octanol–water partition coefficient (Wildman–Crippen LogP) is 5.13. The summed E-state index contributed by atoms with van der Waals surface area (Å²) in [6.07, 6.45) is -0.854. The van der Waals surface area contributed by atoms with E-state index in [4.69, 9.17) is 14.3 Å². The van der Waals surface area contributed by atoms with Crippen LogP contribution < -0.4 is 0 Å². The molecule has 0 aromatic heterocycles. The number of esters is 1. The summed E-state index contributed by atoms with van der Waals surface area (Å²) < 4.78 is 24.6. The number of aliphatic hydroxyl groups excluding tert-OH is 1. The fourth-order valence-electron chi connectivity index (χ4n) is 6.55. The number of hydrogen-bond donors (Lipinski definition) is 2. The fraction of sp³-hybridized carbons (Fsp3) is 0.900. The third-order valence-electron chi connectivity index (χ3n) is 9.18. The van der Waals surface area contributed by atoms with Gasteiger partial charge in [-0.3, -0.25) is 14.0 Å². The van der Waals surface area contributed by atoms with E-state index in [1.54, 1.807) is 21.0 Å². The van der Waals surface area contributed by atoms with Crippen LogP contribution in [0.25, 0.3) is 0 Å². The number of ketones is 1. The molecule has 0 saturated carbocycles. The van der Waals surface area contributed by atoms with Gasteiger partial charge in [0, 0.05) is 37.2 Å². The zero-order chi connectivity index (χ0) is 30.3. The number of hydrogen-bond acceptors (Lipinski definition) is 8. The molecular formula is C30H54FNO7. The molecule has 0 spiro atoms. The lowest BCUT2D eigenvalue weighted by Gasteiger charge is -2.50. The van der Waals surface area contributed by atoms with E-state index >= 15 is 0 Å². The van der Waals surface area contributed by atoms with Crippen LogP contribution in [-0.2, 0) is 23.9 Å². The minimum absolute atomic E-state index is 0.0671. The van der Waals surface area contributed by atoms with Crippen molar-refractivity contribution < 1.29 is 38.5 Å². The highest BCUT2D eigenvalue weighted by Crippen LogP contribution is 2.48. The molecule has 0 aromatic carbocycles. The predicted molar refractivity (Wildman–Crippen MR) is 150 cm³/mol. The molecule has 0 unspecified atom stereocenters. The molecule has 1 aliphatic rings. The smallest absolute Gasteiger partial charge is 0.316 e. The van der Waals surface area contributed by atoms with E-state index < -0.39 is 53.8 Å². The van der Waals surface area contributed by atoms with Crippen LogP contribution in [-0.4, -0.2) is 71.5 Å². The molecule has 1 rings (SSSR count). The Morgan fingerprint density at radius 1 is 1.13 bits per heavy atom. The van der Waals surface area contributed by atoms with Crippen LogP contribution in [0.5, 0.6) is 0 Å². The lowest BCUT2D eigenvalue weighted by atomic mass is 9.59. The van der Waals surface area contributed by atoms with Crippen LogP contribution in [0.1, 0.15) is 94.9 Å². The van der Waals surface area contributed by atoms with E-state index in [1.165, 1.54) is 13.8 Å². The van der Waals surface area contributed by atoms with E-state index in [0.29, 0.717) is 12.1 Å². The molecule has 9 atom stereocenters. The van der Waals surface area contributed by atoms with Gasteiger partial charge in [0.15, 0.2) is 0 Å². The lowest BCUT2D eigenvalue weighted by molar-refractivity contribution is -0.187. The Kier molecular flexibility index (Phi) is 13.0. The zero-order valence-electron chi connectivity index (χ0n) is 26.0. The molecule has 228 valence electrons. The molecule has 2 N–H and O–H groups in total. The molecule has 9 heteroatoms. The number of cyclic esters (lactones) is 1. The Labute approximate surface area is 235 Å². The fourth-order valence-corrected chi connectivity index (χ4v) is 6.55. The minimum atomic E-state index is -1.85. The standard InChI is InChI=1S/C30H54FNO7/c1-12-22-30(10,36)26(34)19(4)23(32-38-16-14-15-31)18(3)17-29(9,37-11)25(28(7,8)13-2)20(5)24(33)21(6)27(35)39-22/h18-22,25-26,34,36H,12-17H2,1-11H3/b32-23+/t18-,19+,20+,21-,22-,25+,26-,29-,30-/m1/s1. The van der Waals surface area contributed by atoms with Gasteiger partial charge in [-0.25, -0.2) is 0 Å². The topological polar surface area (TPSA) is 115 Å². The number of carbonyl (C=O) groups is 2. The summed E-state index contributed by atoms with van der Waals surface area (Å²) in [5.74, 6) is -3.89. The molecule has 0 aromatic rings. The number of nitrogens with zero attached hydrogens (tertiary/aromatic N) is 1. The third-order valence-corrected chi connectivity index (χ3v) is 9.18. The Morgan fingerprint density at radius 3 is 2.21 bits per heavy atom. The second-order valence-electron chi connectivity index (χ2n) is 12.5. The van der Waals surface area contributed by atoms with Crippen molar-refractivity contribution >= 4 is 17.5 Å². The van der Waals surface area contributed by atoms with Gasteiger partial charge in [-0.15, -0.1) is 0 Å². The van der Waals surface area contributed by atoms with Gasteiger partial charge >= 0.3 is 5.97 Å². The molecule has 39 heavy (non-hydrogen) atoms. The van der Waals surface area contributed by atoms with Gasteiger partial charge < -0.3 is 24.5 Å². The minimum Gasteiger partial charge on any atom is -0.459 e. The highest BCUT2D eigenvalue weighted by atomic mass is 19.1. The maximum atomic E-state index is 13.8. The van der Waals surface area contributed by atoms with Crippen LogP contribution in [0.3, 0.4) is 0 Å². The second kappa shape index (κ2) is 14.4. The van der Waals surface area contributed by atoms with Crippen LogP contribution in [0, 0.1) is 35.0 Å². The Morgan fingerprint density at radius 2 is 1.72 bits per heavy atom. The molecule has 0 aliphatic carbocycles. The number of alkyl halides is 1. The average molecular weight is 560 g/mol. The highest BCUT2D eigenvalue weighted by Gasteiger charge is 2.52. The summed E-state index contributed by atoms with van der Waals surface area (Å²) in [4.78, 5) is 32.5. The molecular weight excluding hydrogens is 505 g/mol. The number of carbonyl (C=O) groups excluding carboxylic acids is 2. The first-order valence-corrected chi connectivity index (χ1v) is 14.4. The van der Waals surface area contributed by atoms with Gasteiger partial charge in [-0.05, 0) is 39.0 Å².